The molecule has 0 aliphatic heterocycles. The molecule has 0 aromatic rings. The molecule has 14 heteroatoms. The molecular weight excluding hydrogens is 888 g/mol. The van der Waals surface area contributed by atoms with E-state index in [0.717, 1.165) is 52.4 Å². The average molecular weight is 1010 g/mol. The zero-order valence-electron chi connectivity index (χ0n) is 43.9. The van der Waals surface area contributed by atoms with Gasteiger partial charge in [0.2, 0.25) is 0 Å². The SMILES string of the molecule is C.C.C.C.C.CC(=O)S.CC(C)(C)CNCC(C)(C)C.CC(C)(C)C[N-]CC(C)(C)C.CC(C)(C)C[N-]CC(C)(C)C.CC(C)(C)C[N-]CC(C)(C)C.[K+].[K+].[K+].[NH-]C(=O)S.[NH2-].[NH2-]. The third-order valence-corrected chi connectivity index (χ3v) is 4.83. The number of amides is 1. The summed E-state index contributed by atoms with van der Waals surface area (Å²) in [4.78, 5) is 18.3. The van der Waals surface area contributed by atoms with Crippen molar-refractivity contribution in [2.45, 2.75) is 210 Å². The Bertz CT molecular complexity index is 681. The molecule has 0 spiro atoms. The van der Waals surface area contributed by atoms with E-state index in [2.05, 4.69) is 213 Å². The first-order valence-electron chi connectivity index (χ1n) is 19.0. The van der Waals surface area contributed by atoms with E-state index in [4.69, 9.17) is 10.5 Å². The quantitative estimate of drug-likeness (QED) is 0.162. The minimum atomic E-state index is -0.889. The van der Waals surface area contributed by atoms with E-state index in [9.17, 15) is 4.79 Å². The topological polar surface area (TPSA) is 179 Å². The molecule has 9 nitrogen and oxygen atoms in total. The second-order valence-electron chi connectivity index (χ2n) is 23.5. The van der Waals surface area contributed by atoms with Gasteiger partial charge in [0, 0.05) is 20.0 Å². The van der Waals surface area contributed by atoms with Crippen LogP contribution < -0.4 is 159 Å². The summed E-state index contributed by atoms with van der Waals surface area (Å²) in [7, 11) is 0. The molecule has 0 aliphatic rings. The summed E-state index contributed by atoms with van der Waals surface area (Å²) in [6.45, 7) is 63.0. The molecule has 0 radical (unpaired) electrons. The first kappa shape index (κ1) is 112. The van der Waals surface area contributed by atoms with Crippen molar-refractivity contribution in [3.8, 4) is 0 Å². The standard InChI is InChI=1S/C10H23N.3C10H22N.C2H4OS.CH3NOS.5CH4.3K.2H2N/c4*1-9(2,3)7-11-8-10(4,5)6;1-2(3)4;2-1(3)4;;;;;;;;;;/h11H,7-8H2,1-6H3;3*7-8H2,1-6H3;1H3,(H,3,4);(H3,2,3,4);5*1H4;;;;2*1H2/q;3*-1;;;;;;;;3*+1;2*-1/p-1. The van der Waals surface area contributed by atoms with Gasteiger partial charge in [0.15, 0.2) is 5.12 Å². The van der Waals surface area contributed by atoms with Crippen molar-refractivity contribution in [2.24, 2.45) is 43.3 Å². The van der Waals surface area contributed by atoms with Crippen molar-refractivity contribution in [2.75, 3.05) is 52.4 Å². The van der Waals surface area contributed by atoms with Gasteiger partial charge in [-0.15, -0.1) is 64.5 Å². The molecule has 0 heterocycles. The van der Waals surface area contributed by atoms with E-state index in [0.29, 0.717) is 43.3 Å². The molecule has 0 aromatic heterocycles. The summed E-state index contributed by atoms with van der Waals surface area (Å²) in [6.07, 6.45) is 0. The third kappa shape index (κ3) is 195. The zero-order chi connectivity index (χ0) is 43.6. The van der Waals surface area contributed by atoms with Crippen LogP contribution in [0.3, 0.4) is 0 Å². The van der Waals surface area contributed by atoms with Crippen molar-refractivity contribution < 1.29 is 164 Å². The molecule has 0 atom stereocenters. The van der Waals surface area contributed by atoms with Crippen molar-refractivity contribution in [1.29, 1.82) is 0 Å². The van der Waals surface area contributed by atoms with Crippen LogP contribution in [0.15, 0.2) is 0 Å². The second-order valence-corrected chi connectivity index (χ2v) is 24.6. The van der Waals surface area contributed by atoms with Gasteiger partial charge in [0.05, 0.1) is 0 Å². The molecule has 0 unspecified atom stereocenters. The Balaban J connectivity index is -0.0000000292. The van der Waals surface area contributed by atoms with Crippen LogP contribution in [-0.4, -0.2) is 62.7 Å². The van der Waals surface area contributed by atoms with E-state index in [1.807, 2.05) is 0 Å². The van der Waals surface area contributed by atoms with Crippen LogP contribution in [0.1, 0.15) is 210 Å². The van der Waals surface area contributed by atoms with Crippen LogP contribution in [-0.2, 0) is 4.79 Å². The van der Waals surface area contributed by atoms with E-state index in [-0.39, 0.29) is 209 Å². The summed E-state index contributed by atoms with van der Waals surface area (Å²) in [5.41, 5.74) is 8.74. The van der Waals surface area contributed by atoms with Crippen LogP contribution in [0.25, 0.3) is 34.0 Å². The number of nitrogens with one attached hydrogen (secondary N) is 2. The Morgan fingerprint density at radius 3 is 0.548 bits per heavy atom. The molecule has 0 fully saturated rings. The van der Waals surface area contributed by atoms with Crippen LogP contribution >= 0.6 is 25.3 Å². The molecule has 0 bridgehead atoms. The Kier molecular flexibility index (Phi) is 98.9. The minimum absolute atomic E-state index is 0. The normalized spacial score (nSPS) is 10.5. The van der Waals surface area contributed by atoms with E-state index in [1.165, 1.54) is 6.92 Å². The fourth-order valence-electron chi connectivity index (χ4n) is 2.99. The van der Waals surface area contributed by atoms with Gasteiger partial charge in [0.25, 0.3) is 0 Å². The molecule has 0 aliphatic carbocycles. The maximum absolute atomic E-state index is 9.31. The molecule has 0 saturated heterocycles. The van der Waals surface area contributed by atoms with Gasteiger partial charge in [-0.3, -0.25) is 4.79 Å². The van der Waals surface area contributed by atoms with Crippen molar-refractivity contribution in [3.63, 3.8) is 0 Å². The Morgan fingerprint density at radius 2 is 0.484 bits per heavy atom. The largest absolute Gasteiger partial charge is 1.00 e. The number of carbonyl (C=O) groups is 2. The number of carbonyl (C=O) groups excluding carboxylic acids is 2. The molecule has 6 N–H and O–H groups in total. The fraction of sp³-hybridized carbons (Fsp3) is 0.958. The summed E-state index contributed by atoms with van der Waals surface area (Å²) in [5.74, 6) is 0. The predicted octanol–water partition coefficient (Wildman–Crippen LogP) is 10.2. The summed E-state index contributed by atoms with van der Waals surface area (Å²) >= 11 is 6.32. The monoisotopic (exact) mass is 1010 g/mol. The van der Waals surface area contributed by atoms with Gasteiger partial charge < -0.3 is 44.1 Å². The third-order valence-electron chi connectivity index (χ3n) is 4.83. The second kappa shape index (κ2) is 54.8. The molecular formula is C48H119K3N7O2S2-3. The molecule has 376 valence electrons. The summed E-state index contributed by atoms with van der Waals surface area (Å²) in [5, 5.41) is 16.0. The van der Waals surface area contributed by atoms with Gasteiger partial charge in [-0.05, 0) is 10.8 Å². The van der Waals surface area contributed by atoms with Gasteiger partial charge >= 0.3 is 154 Å². The van der Waals surface area contributed by atoms with Gasteiger partial charge in [-0.2, -0.15) is 0 Å². The van der Waals surface area contributed by atoms with Crippen LogP contribution in [0.5, 0.6) is 0 Å². The fourth-order valence-corrected chi connectivity index (χ4v) is 2.99. The Morgan fingerprint density at radius 1 is 0.387 bits per heavy atom. The van der Waals surface area contributed by atoms with E-state index < -0.39 is 5.24 Å². The average Bonchev–Trinajstić information content (AvgIpc) is 2.72. The van der Waals surface area contributed by atoms with Gasteiger partial charge in [-0.1, -0.05) is 236 Å². The number of hydrogen-bond donors (Lipinski definition) is 3. The first-order valence-corrected chi connectivity index (χ1v) is 19.9. The molecule has 0 aromatic carbocycles. The minimum Gasteiger partial charge on any atom is -0.693 e. The van der Waals surface area contributed by atoms with Crippen molar-refractivity contribution >= 4 is 35.6 Å². The molecule has 0 saturated carbocycles. The molecule has 62 heavy (non-hydrogen) atoms. The maximum atomic E-state index is 9.31. The smallest absolute Gasteiger partial charge is 0.693 e. The maximum Gasteiger partial charge on any atom is 1.00 e. The van der Waals surface area contributed by atoms with E-state index in [1.54, 1.807) is 0 Å². The van der Waals surface area contributed by atoms with E-state index >= 15 is 0 Å². The van der Waals surface area contributed by atoms with Crippen molar-refractivity contribution in [3.05, 3.63) is 34.0 Å². The molecule has 0 rings (SSSR count). The number of nitrogens with zero attached hydrogens (tertiary/aromatic N) is 3. The van der Waals surface area contributed by atoms with Crippen LogP contribution in [0.4, 0.5) is 4.79 Å². The van der Waals surface area contributed by atoms with Gasteiger partial charge in [0.1, 0.15) is 5.24 Å². The predicted molar refractivity (Wildman–Crippen MR) is 290 cm³/mol. The first-order chi connectivity index (χ1) is 22.3. The number of hydrogen-bond acceptors (Lipinski definition) is 3. The van der Waals surface area contributed by atoms with Crippen LogP contribution in [0.2, 0.25) is 0 Å². The van der Waals surface area contributed by atoms with Crippen molar-refractivity contribution in [1.82, 2.24) is 5.32 Å². The summed E-state index contributed by atoms with van der Waals surface area (Å²) in [6, 6.07) is 0. The zero-order valence-corrected chi connectivity index (χ0v) is 55.0. The number of rotatable bonds is 8. The van der Waals surface area contributed by atoms with Gasteiger partial charge in [-0.25, -0.2) is 0 Å². The Hall–Kier alpha value is 4.51. The van der Waals surface area contributed by atoms with Crippen LogP contribution in [0, 0.1) is 43.3 Å². The Labute approximate surface area is 535 Å². The number of nitrogens with two attached hydrogens (primary N) is 2. The summed E-state index contributed by atoms with van der Waals surface area (Å²) < 4.78 is 0. The molecule has 1 amide bonds. The number of thiol groups is 2.